The van der Waals surface area contributed by atoms with Gasteiger partial charge in [-0.05, 0) is 38.4 Å². The highest BCUT2D eigenvalue weighted by molar-refractivity contribution is 5.92. The molecule has 1 spiro atoms. The predicted octanol–water partition coefficient (Wildman–Crippen LogP) is 1.97. The fraction of sp³-hybridized carbons (Fsp3) is 0.526. The number of carbonyl (C=O) groups is 1. The second kappa shape index (κ2) is 7.17. The smallest absolute Gasteiger partial charge is 0.274 e. The Kier molecular flexibility index (Phi) is 4.74. The van der Waals surface area contributed by atoms with Gasteiger partial charge in [0.15, 0.2) is 0 Å². The number of amides is 1. The predicted molar refractivity (Wildman–Crippen MR) is 94.4 cm³/mol. The lowest BCUT2D eigenvalue weighted by molar-refractivity contribution is -0.0394. The largest absolute Gasteiger partial charge is 0.468 e. The average molecular weight is 356 g/mol. The lowest BCUT2D eigenvalue weighted by atomic mass is 9.87. The van der Waals surface area contributed by atoms with E-state index in [4.69, 9.17) is 9.15 Å². The molecule has 2 aliphatic heterocycles. The third kappa shape index (κ3) is 3.50. The Morgan fingerprint density at radius 2 is 2.23 bits per heavy atom. The highest BCUT2D eigenvalue weighted by atomic mass is 16.5. The molecule has 26 heavy (non-hydrogen) atoms. The van der Waals surface area contributed by atoms with Crippen molar-refractivity contribution < 1.29 is 13.9 Å². The van der Waals surface area contributed by atoms with Gasteiger partial charge in [-0.2, -0.15) is 0 Å². The third-order valence-corrected chi connectivity index (χ3v) is 5.54. The van der Waals surface area contributed by atoms with Crippen LogP contribution in [0.25, 0.3) is 0 Å². The van der Waals surface area contributed by atoms with Crippen LogP contribution in [0.4, 0.5) is 0 Å². The molecule has 0 unspecified atom stereocenters. The molecule has 0 aliphatic carbocycles. The zero-order chi connectivity index (χ0) is 18.0. The molecule has 2 fully saturated rings. The Morgan fingerprint density at radius 1 is 1.38 bits per heavy atom. The summed E-state index contributed by atoms with van der Waals surface area (Å²) in [5.74, 6) is 0.926. The highest BCUT2D eigenvalue weighted by Gasteiger charge is 2.44. The van der Waals surface area contributed by atoms with Gasteiger partial charge in [-0.3, -0.25) is 14.7 Å². The number of hydrogen-bond donors (Lipinski definition) is 0. The van der Waals surface area contributed by atoms with E-state index in [1.807, 2.05) is 17.0 Å². The molecule has 2 saturated heterocycles. The van der Waals surface area contributed by atoms with Crippen LogP contribution < -0.4 is 0 Å². The average Bonchev–Trinajstić information content (AvgIpc) is 3.33. The van der Waals surface area contributed by atoms with Crippen molar-refractivity contribution in [2.75, 3.05) is 26.7 Å². The van der Waals surface area contributed by atoms with E-state index >= 15 is 0 Å². The van der Waals surface area contributed by atoms with Gasteiger partial charge in [-0.25, -0.2) is 4.98 Å². The van der Waals surface area contributed by atoms with Crippen LogP contribution in [0, 0.1) is 0 Å². The number of hydrogen-bond acceptors (Lipinski definition) is 6. The van der Waals surface area contributed by atoms with Crippen molar-refractivity contribution in [3.05, 3.63) is 48.4 Å². The van der Waals surface area contributed by atoms with Crippen molar-refractivity contribution in [3.63, 3.8) is 0 Å². The molecule has 0 radical (unpaired) electrons. The maximum Gasteiger partial charge on any atom is 0.274 e. The minimum absolute atomic E-state index is 0.0440. The van der Waals surface area contributed by atoms with Crippen LogP contribution in [0.3, 0.4) is 0 Å². The summed E-state index contributed by atoms with van der Waals surface area (Å²) in [5.41, 5.74) is 0.299. The van der Waals surface area contributed by atoms with E-state index in [0.717, 1.165) is 38.2 Å². The number of piperidine rings is 1. The second-order valence-electron chi connectivity index (χ2n) is 7.23. The number of rotatable bonds is 4. The van der Waals surface area contributed by atoms with Gasteiger partial charge in [0.2, 0.25) is 0 Å². The summed E-state index contributed by atoms with van der Waals surface area (Å²) in [5, 5.41) is 0. The van der Waals surface area contributed by atoms with Crippen LogP contribution in [-0.4, -0.2) is 64.1 Å². The van der Waals surface area contributed by atoms with Crippen LogP contribution >= 0.6 is 0 Å². The van der Waals surface area contributed by atoms with E-state index in [0.29, 0.717) is 24.8 Å². The molecule has 7 heteroatoms. The fourth-order valence-electron chi connectivity index (χ4n) is 3.92. The number of ether oxygens (including phenoxy) is 1. The van der Waals surface area contributed by atoms with E-state index in [9.17, 15) is 4.79 Å². The van der Waals surface area contributed by atoms with Gasteiger partial charge >= 0.3 is 0 Å². The normalized spacial score (nSPS) is 22.2. The third-order valence-electron chi connectivity index (χ3n) is 5.54. The molecule has 7 nitrogen and oxygen atoms in total. The Labute approximate surface area is 153 Å². The zero-order valence-electron chi connectivity index (χ0n) is 15.0. The standard InChI is InChI=1S/C19H24N4O3/c1-22(13-16-3-2-10-25-16)15-11-19(26-14-15)4-8-23(9-5-19)18(24)17-12-20-6-7-21-17/h2-3,6-7,10,12,15H,4-5,8-9,11,13-14H2,1H3/t15-/m0/s1. The minimum atomic E-state index is -0.110. The maximum absolute atomic E-state index is 12.5. The number of aromatic nitrogens is 2. The molecule has 4 rings (SSSR count). The molecule has 138 valence electrons. The lowest BCUT2D eigenvalue weighted by Crippen LogP contribution is -2.47. The molecular weight excluding hydrogens is 332 g/mol. The summed E-state index contributed by atoms with van der Waals surface area (Å²) in [6.45, 7) is 2.91. The van der Waals surface area contributed by atoms with Gasteiger partial charge in [0, 0.05) is 31.5 Å². The Hall–Kier alpha value is -2.25. The van der Waals surface area contributed by atoms with Crippen LogP contribution in [0.5, 0.6) is 0 Å². The lowest BCUT2D eigenvalue weighted by Gasteiger charge is -2.38. The van der Waals surface area contributed by atoms with Gasteiger partial charge in [0.25, 0.3) is 5.91 Å². The van der Waals surface area contributed by atoms with Gasteiger partial charge in [-0.15, -0.1) is 0 Å². The van der Waals surface area contributed by atoms with Gasteiger partial charge < -0.3 is 14.1 Å². The Bertz CT molecular complexity index is 727. The molecule has 1 amide bonds. The first-order valence-corrected chi connectivity index (χ1v) is 9.07. The van der Waals surface area contributed by atoms with Crippen molar-refractivity contribution in [2.45, 2.75) is 37.5 Å². The zero-order valence-corrected chi connectivity index (χ0v) is 15.0. The summed E-state index contributed by atoms with van der Waals surface area (Å²) in [6.07, 6.45) is 9.09. The summed E-state index contributed by atoms with van der Waals surface area (Å²) >= 11 is 0. The topological polar surface area (TPSA) is 71.7 Å². The first-order valence-electron chi connectivity index (χ1n) is 9.07. The molecular formula is C19H24N4O3. The molecule has 1 atom stereocenters. The second-order valence-corrected chi connectivity index (χ2v) is 7.23. The fourth-order valence-corrected chi connectivity index (χ4v) is 3.92. The first-order chi connectivity index (χ1) is 12.7. The van der Waals surface area contributed by atoms with Crippen molar-refractivity contribution in [2.24, 2.45) is 0 Å². The quantitative estimate of drug-likeness (QED) is 0.834. The minimum Gasteiger partial charge on any atom is -0.468 e. The number of likely N-dealkylation sites (tertiary alicyclic amines) is 1. The number of nitrogens with zero attached hydrogens (tertiary/aromatic N) is 4. The van der Waals surface area contributed by atoms with E-state index in [1.165, 1.54) is 6.20 Å². The molecule has 2 aromatic heterocycles. The van der Waals surface area contributed by atoms with Crippen molar-refractivity contribution >= 4 is 5.91 Å². The van der Waals surface area contributed by atoms with Gasteiger partial charge in [0.05, 0.1) is 31.2 Å². The first kappa shape index (κ1) is 17.2. The SMILES string of the molecule is CN(Cc1ccco1)[C@@H]1COC2(CCN(C(=O)c3cnccn3)CC2)C1. The monoisotopic (exact) mass is 356 g/mol. The molecule has 4 heterocycles. The van der Waals surface area contributed by atoms with Crippen LogP contribution in [0.2, 0.25) is 0 Å². The molecule has 0 N–H and O–H groups in total. The van der Waals surface area contributed by atoms with Crippen molar-refractivity contribution in [1.82, 2.24) is 19.8 Å². The number of likely N-dealkylation sites (N-methyl/N-ethyl adjacent to an activating group) is 1. The number of carbonyl (C=O) groups excluding carboxylic acids is 1. The van der Waals surface area contributed by atoms with Crippen LogP contribution in [0.1, 0.15) is 35.5 Å². The Balaban J connectivity index is 1.32. The van der Waals surface area contributed by atoms with Gasteiger partial charge in [-0.1, -0.05) is 0 Å². The van der Waals surface area contributed by atoms with Gasteiger partial charge in [0.1, 0.15) is 11.5 Å². The van der Waals surface area contributed by atoms with E-state index < -0.39 is 0 Å². The van der Waals surface area contributed by atoms with E-state index in [-0.39, 0.29) is 11.5 Å². The molecule has 0 aromatic carbocycles. The van der Waals surface area contributed by atoms with E-state index in [2.05, 4.69) is 21.9 Å². The van der Waals surface area contributed by atoms with Crippen molar-refractivity contribution in [3.8, 4) is 0 Å². The summed E-state index contributed by atoms with van der Waals surface area (Å²) in [4.78, 5) is 24.8. The molecule has 0 saturated carbocycles. The van der Waals surface area contributed by atoms with E-state index in [1.54, 1.807) is 18.7 Å². The molecule has 2 aromatic rings. The molecule has 2 aliphatic rings. The Morgan fingerprint density at radius 3 is 2.92 bits per heavy atom. The molecule has 0 bridgehead atoms. The number of furan rings is 1. The van der Waals surface area contributed by atoms with Crippen LogP contribution in [-0.2, 0) is 11.3 Å². The van der Waals surface area contributed by atoms with Crippen molar-refractivity contribution in [1.29, 1.82) is 0 Å². The summed E-state index contributed by atoms with van der Waals surface area (Å²) in [6, 6.07) is 4.29. The van der Waals surface area contributed by atoms with Crippen LogP contribution in [0.15, 0.2) is 41.4 Å². The summed E-state index contributed by atoms with van der Waals surface area (Å²) < 4.78 is 11.7. The maximum atomic E-state index is 12.5. The highest BCUT2D eigenvalue weighted by Crippen LogP contribution is 2.37. The summed E-state index contributed by atoms with van der Waals surface area (Å²) in [7, 11) is 2.11.